The molecule has 0 aromatic rings. The highest BCUT2D eigenvalue weighted by Gasteiger charge is 2.41. The van der Waals surface area contributed by atoms with Crippen molar-refractivity contribution < 1.29 is 19.4 Å². The second kappa shape index (κ2) is 7.39. The number of rotatable bonds is 5. The topological polar surface area (TPSA) is 66.8 Å². The first-order valence-electron chi connectivity index (χ1n) is 7.20. The molecule has 2 atom stereocenters. The number of nitrogens with zero attached hydrogens (tertiary/aromatic N) is 1. The Hall–Kier alpha value is -1.18. The van der Waals surface area contributed by atoms with E-state index in [0.717, 1.165) is 31.2 Å². The SMILES string of the molecule is CC(C)C(C(=O)O)N1C(=O)/C(=C/C=C/C2CCCO2)SC1=S. The van der Waals surface area contributed by atoms with Gasteiger partial charge in [0.2, 0.25) is 0 Å². The fourth-order valence-corrected chi connectivity index (χ4v) is 3.73. The number of ether oxygens (including phenoxy) is 1. The van der Waals surface area contributed by atoms with Gasteiger partial charge in [-0.1, -0.05) is 50.0 Å². The number of thioether (sulfide) groups is 1. The lowest BCUT2D eigenvalue weighted by atomic mass is 10.0. The molecule has 1 amide bonds. The normalized spacial score (nSPS) is 25.9. The van der Waals surface area contributed by atoms with Crippen molar-refractivity contribution >= 4 is 40.2 Å². The van der Waals surface area contributed by atoms with E-state index in [1.165, 1.54) is 4.90 Å². The Morgan fingerprint density at radius 1 is 1.55 bits per heavy atom. The summed E-state index contributed by atoms with van der Waals surface area (Å²) in [5.74, 6) is -1.60. The molecule has 2 aliphatic rings. The Balaban J connectivity index is 2.12. The maximum absolute atomic E-state index is 12.4. The van der Waals surface area contributed by atoms with Crippen LogP contribution >= 0.6 is 24.0 Å². The van der Waals surface area contributed by atoms with E-state index in [-0.39, 0.29) is 17.9 Å². The molecule has 0 saturated carbocycles. The van der Waals surface area contributed by atoms with E-state index >= 15 is 0 Å². The van der Waals surface area contributed by atoms with Crippen LogP contribution in [0.1, 0.15) is 26.7 Å². The molecule has 0 aromatic carbocycles. The number of hydrogen-bond donors (Lipinski definition) is 1. The molecular formula is C15H19NO4S2. The largest absolute Gasteiger partial charge is 0.480 e. The summed E-state index contributed by atoms with van der Waals surface area (Å²) in [6.07, 6.45) is 7.51. The number of carboxylic acid groups (broad SMARTS) is 1. The predicted octanol–water partition coefficient (Wildman–Crippen LogP) is 2.58. The minimum atomic E-state index is -1.04. The van der Waals surface area contributed by atoms with Crippen molar-refractivity contribution in [1.82, 2.24) is 4.90 Å². The molecule has 120 valence electrons. The summed E-state index contributed by atoms with van der Waals surface area (Å²) in [5, 5.41) is 9.33. The Kier molecular flexibility index (Phi) is 5.77. The van der Waals surface area contributed by atoms with Gasteiger partial charge in [0, 0.05) is 6.61 Å². The standard InChI is InChI=1S/C15H19NO4S2/c1-9(2)12(14(18)19)16-13(17)11(22-15(16)21)7-3-5-10-6-4-8-20-10/h3,5,7,9-10,12H,4,6,8H2,1-2H3,(H,18,19)/b5-3+,11-7-. The van der Waals surface area contributed by atoms with Crippen molar-refractivity contribution in [3.05, 3.63) is 23.1 Å². The number of thiocarbonyl (C=S) groups is 1. The zero-order valence-electron chi connectivity index (χ0n) is 12.5. The summed E-state index contributed by atoms with van der Waals surface area (Å²) in [4.78, 5) is 25.5. The zero-order valence-corrected chi connectivity index (χ0v) is 14.2. The Morgan fingerprint density at radius 3 is 2.82 bits per heavy atom. The first kappa shape index (κ1) is 17.2. The van der Waals surface area contributed by atoms with Crippen LogP contribution in [0.2, 0.25) is 0 Å². The average Bonchev–Trinajstić information content (AvgIpc) is 3.02. The van der Waals surface area contributed by atoms with Crippen LogP contribution in [0, 0.1) is 5.92 Å². The lowest BCUT2D eigenvalue weighted by Gasteiger charge is -2.26. The van der Waals surface area contributed by atoms with E-state index < -0.39 is 12.0 Å². The molecule has 2 aliphatic heterocycles. The maximum Gasteiger partial charge on any atom is 0.327 e. The highest BCUT2D eigenvalue weighted by Crippen LogP contribution is 2.34. The minimum Gasteiger partial charge on any atom is -0.480 e. The van der Waals surface area contributed by atoms with E-state index in [2.05, 4.69) is 0 Å². The molecule has 5 nitrogen and oxygen atoms in total. The summed E-state index contributed by atoms with van der Waals surface area (Å²) in [6, 6.07) is -0.930. The molecule has 1 N–H and O–H groups in total. The van der Waals surface area contributed by atoms with Crippen molar-refractivity contribution in [2.75, 3.05) is 6.61 Å². The van der Waals surface area contributed by atoms with Crippen molar-refractivity contribution in [3.8, 4) is 0 Å². The summed E-state index contributed by atoms with van der Waals surface area (Å²) in [5.41, 5.74) is 0. The van der Waals surface area contributed by atoms with Crippen LogP contribution in [-0.2, 0) is 14.3 Å². The molecule has 2 fully saturated rings. The van der Waals surface area contributed by atoms with Gasteiger partial charge in [0.25, 0.3) is 5.91 Å². The molecule has 0 spiro atoms. The van der Waals surface area contributed by atoms with Gasteiger partial charge in [0.1, 0.15) is 10.4 Å². The van der Waals surface area contributed by atoms with Gasteiger partial charge < -0.3 is 9.84 Å². The fraction of sp³-hybridized carbons (Fsp3) is 0.533. The quantitative estimate of drug-likeness (QED) is 0.612. The van der Waals surface area contributed by atoms with E-state index in [9.17, 15) is 14.7 Å². The van der Waals surface area contributed by atoms with Crippen LogP contribution in [-0.4, -0.2) is 45.0 Å². The molecule has 2 rings (SSSR count). The number of carbonyl (C=O) groups excluding carboxylic acids is 1. The van der Waals surface area contributed by atoms with Crippen molar-refractivity contribution in [3.63, 3.8) is 0 Å². The number of allylic oxidation sites excluding steroid dienone is 2. The molecule has 0 bridgehead atoms. The number of amides is 1. The van der Waals surface area contributed by atoms with Crippen LogP contribution in [0.3, 0.4) is 0 Å². The smallest absolute Gasteiger partial charge is 0.327 e. The highest BCUT2D eigenvalue weighted by molar-refractivity contribution is 8.26. The van der Waals surface area contributed by atoms with Crippen molar-refractivity contribution in [1.29, 1.82) is 0 Å². The van der Waals surface area contributed by atoms with Crippen LogP contribution in [0.15, 0.2) is 23.1 Å². The lowest BCUT2D eigenvalue weighted by molar-refractivity contribution is -0.146. The molecular weight excluding hydrogens is 322 g/mol. The molecule has 0 aliphatic carbocycles. The highest BCUT2D eigenvalue weighted by atomic mass is 32.2. The number of aliphatic carboxylic acids is 1. The summed E-state index contributed by atoms with van der Waals surface area (Å²) in [6.45, 7) is 4.29. The molecule has 2 saturated heterocycles. The molecule has 2 unspecified atom stereocenters. The van der Waals surface area contributed by atoms with Gasteiger partial charge in [0.05, 0.1) is 11.0 Å². The Bertz CT molecular complexity index is 536. The van der Waals surface area contributed by atoms with Crippen LogP contribution in [0.25, 0.3) is 0 Å². The van der Waals surface area contributed by atoms with Gasteiger partial charge in [-0.3, -0.25) is 9.69 Å². The summed E-state index contributed by atoms with van der Waals surface area (Å²) in [7, 11) is 0. The fourth-order valence-electron chi connectivity index (χ4n) is 2.45. The van der Waals surface area contributed by atoms with Gasteiger partial charge in [-0.2, -0.15) is 0 Å². The van der Waals surface area contributed by atoms with Crippen LogP contribution in [0.5, 0.6) is 0 Å². The van der Waals surface area contributed by atoms with E-state index in [4.69, 9.17) is 17.0 Å². The first-order chi connectivity index (χ1) is 10.4. The third-order valence-electron chi connectivity index (χ3n) is 3.52. The van der Waals surface area contributed by atoms with E-state index in [1.54, 1.807) is 26.0 Å². The van der Waals surface area contributed by atoms with E-state index in [0.29, 0.717) is 9.23 Å². The van der Waals surface area contributed by atoms with Crippen molar-refractivity contribution in [2.24, 2.45) is 5.92 Å². The molecule has 2 heterocycles. The monoisotopic (exact) mass is 341 g/mol. The van der Waals surface area contributed by atoms with Crippen LogP contribution < -0.4 is 0 Å². The summed E-state index contributed by atoms with van der Waals surface area (Å²) >= 11 is 6.32. The molecule has 0 aromatic heterocycles. The second-order valence-electron chi connectivity index (χ2n) is 5.54. The van der Waals surface area contributed by atoms with E-state index in [1.807, 2.05) is 6.08 Å². The number of hydrogen-bond acceptors (Lipinski definition) is 5. The van der Waals surface area contributed by atoms with Crippen molar-refractivity contribution in [2.45, 2.75) is 38.8 Å². The predicted molar refractivity (Wildman–Crippen MR) is 89.5 cm³/mol. The summed E-state index contributed by atoms with van der Waals surface area (Å²) < 4.78 is 5.76. The number of carboxylic acids is 1. The van der Waals surface area contributed by atoms with Gasteiger partial charge in [-0.25, -0.2) is 4.79 Å². The number of carbonyl (C=O) groups is 2. The van der Waals surface area contributed by atoms with Gasteiger partial charge in [0.15, 0.2) is 0 Å². The third-order valence-corrected chi connectivity index (χ3v) is 4.87. The van der Waals surface area contributed by atoms with Gasteiger partial charge in [-0.05, 0) is 24.8 Å². The molecule has 7 heteroatoms. The average molecular weight is 341 g/mol. The third kappa shape index (κ3) is 3.77. The lowest BCUT2D eigenvalue weighted by Crippen LogP contribution is -2.47. The Morgan fingerprint density at radius 2 is 2.27 bits per heavy atom. The van der Waals surface area contributed by atoms with Gasteiger partial charge >= 0.3 is 5.97 Å². The molecule has 22 heavy (non-hydrogen) atoms. The van der Waals surface area contributed by atoms with Crippen LogP contribution in [0.4, 0.5) is 0 Å². The molecule has 0 radical (unpaired) electrons. The maximum atomic E-state index is 12.4. The first-order valence-corrected chi connectivity index (χ1v) is 8.42. The van der Waals surface area contributed by atoms with Gasteiger partial charge in [-0.15, -0.1) is 0 Å². The Labute approximate surface area is 139 Å². The zero-order chi connectivity index (χ0) is 16.3. The second-order valence-corrected chi connectivity index (χ2v) is 7.21. The minimum absolute atomic E-state index is 0.101.